The van der Waals surface area contributed by atoms with Gasteiger partial charge in [-0.25, -0.2) is 9.37 Å². The molecular formula is C23H24FN7O3. The Labute approximate surface area is 194 Å². The van der Waals surface area contributed by atoms with Crippen LogP contribution in [-0.4, -0.2) is 50.4 Å². The molecule has 0 saturated carbocycles. The number of aliphatic hydroxyl groups is 1. The van der Waals surface area contributed by atoms with Gasteiger partial charge in [0.15, 0.2) is 5.65 Å². The zero-order valence-corrected chi connectivity index (χ0v) is 18.6. The lowest BCUT2D eigenvalue weighted by Crippen LogP contribution is -2.29. The molecule has 0 aliphatic carbocycles. The minimum Gasteiger partial charge on any atom is -0.396 e. The summed E-state index contributed by atoms with van der Waals surface area (Å²) in [6, 6.07) is 10.6. The third kappa shape index (κ3) is 4.59. The van der Waals surface area contributed by atoms with Gasteiger partial charge in [-0.2, -0.15) is 9.61 Å². The summed E-state index contributed by atoms with van der Waals surface area (Å²) in [5, 5.41) is 22.2. The average molecular weight is 465 g/mol. The van der Waals surface area contributed by atoms with Gasteiger partial charge in [0, 0.05) is 32.5 Å². The van der Waals surface area contributed by atoms with Crippen LogP contribution < -0.4 is 21.5 Å². The fraction of sp³-hybridized carbons (Fsp3) is 0.217. The Bertz CT molecular complexity index is 1400. The van der Waals surface area contributed by atoms with E-state index >= 15 is 0 Å². The van der Waals surface area contributed by atoms with Gasteiger partial charge in [0.2, 0.25) is 0 Å². The summed E-state index contributed by atoms with van der Waals surface area (Å²) >= 11 is 0. The summed E-state index contributed by atoms with van der Waals surface area (Å²) in [7, 11) is 1.70. The molecule has 0 bridgehead atoms. The second kappa shape index (κ2) is 9.71. The van der Waals surface area contributed by atoms with Crippen molar-refractivity contribution in [3.8, 4) is 5.69 Å². The van der Waals surface area contributed by atoms with E-state index in [1.54, 1.807) is 37.5 Å². The van der Waals surface area contributed by atoms with Gasteiger partial charge in [0.25, 0.3) is 11.5 Å². The number of nitrogens with zero attached hydrogens (tertiary/aromatic N) is 4. The number of anilines is 3. The number of aromatic nitrogens is 4. The number of aliphatic hydroxyl groups excluding tert-OH is 1. The third-order valence-electron chi connectivity index (χ3n) is 5.19. The Kier molecular flexibility index (Phi) is 6.55. The van der Waals surface area contributed by atoms with Crippen molar-refractivity contribution < 1.29 is 14.3 Å². The van der Waals surface area contributed by atoms with Crippen molar-refractivity contribution >= 4 is 28.9 Å². The first-order chi connectivity index (χ1) is 16.4. The first kappa shape index (κ1) is 22.9. The van der Waals surface area contributed by atoms with Gasteiger partial charge >= 0.3 is 0 Å². The number of fused-ring (bicyclic) bond motifs is 1. The van der Waals surface area contributed by atoms with Crippen LogP contribution in [0.15, 0.2) is 59.7 Å². The summed E-state index contributed by atoms with van der Waals surface area (Å²) in [6.07, 6.45) is 2.95. The molecule has 0 spiro atoms. The topological polar surface area (TPSA) is 126 Å². The Morgan fingerprint density at radius 3 is 2.79 bits per heavy atom. The molecule has 1 atom stereocenters. The van der Waals surface area contributed by atoms with Gasteiger partial charge in [0.1, 0.15) is 28.7 Å². The molecule has 0 aliphatic rings. The molecule has 34 heavy (non-hydrogen) atoms. The summed E-state index contributed by atoms with van der Waals surface area (Å²) in [5.74, 6) is -0.0771. The van der Waals surface area contributed by atoms with E-state index in [0.29, 0.717) is 23.9 Å². The van der Waals surface area contributed by atoms with E-state index in [0.717, 1.165) is 0 Å². The van der Waals surface area contributed by atoms with E-state index in [1.165, 1.54) is 33.5 Å². The molecule has 3 aromatic heterocycles. The Morgan fingerprint density at radius 2 is 2.06 bits per heavy atom. The molecule has 0 fully saturated rings. The van der Waals surface area contributed by atoms with Crippen LogP contribution in [0.4, 0.5) is 21.7 Å². The Morgan fingerprint density at radius 1 is 1.24 bits per heavy atom. The van der Waals surface area contributed by atoms with Crippen LogP contribution in [0.3, 0.4) is 0 Å². The SMILES string of the molecule is CNc1cc(Nc2cccn(-c3cccc(F)c3)c2=O)nc2c(C(=O)NCC(C)CO)cnn12. The van der Waals surface area contributed by atoms with Gasteiger partial charge in [-0.05, 0) is 36.2 Å². The zero-order chi connectivity index (χ0) is 24.2. The van der Waals surface area contributed by atoms with Crippen molar-refractivity contribution in [1.82, 2.24) is 24.5 Å². The summed E-state index contributed by atoms with van der Waals surface area (Å²) in [5.41, 5.74) is 0.735. The molecule has 0 saturated heterocycles. The van der Waals surface area contributed by atoms with Crippen molar-refractivity contribution in [2.45, 2.75) is 6.92 Å². The number of carbonyl (C=O) groups is 1. The van der Waals surface area contributed by atoms with E-state index in [4.69, 9.17) is 0 Å². The summed E-state index contributed by atoms with van der Waals surface area (Å²) in [4.78, 5) is 30.2. The van der Waals surface area contributed by atoms with Crippen LogP contribution >= 0.6 is 0 Å². The molecule has 176 valence electrons. The molecule has 0 radical (unpaired) electrons. The second-order valence-corrected chi connectivity index (χ2v) is 7.77. The van der Waals surface area contributed by atoms with Gasteiger partial charge in [0.05, 0.1) is 11.9 Å². The number of amides is 1. The fourth-order valence-corrected chi connectivity index (χ4v) is 3.35. The molecule has 1 amide bonds. The van der Waals surface area contributed by atoms with E-state index in [1.807, 2.05) is 6.92 Å². The molecule has 4 aromatic rings. The molecule has 11 heteroatoms. The van der Waals surface area contributed by atoms with Crippen LogP contribution in [0, 0.1) is 11.7 Å². The Balaban J connectivity index is 1.70. The van der Waals surface area contributed by atoms with Crippen LogP contribution in [0.5, 0.6) is 0 Å². The lowest BCUT2D eigenvalue weighted by atomic mass is 10.2. The maximum Gasteiger partial charge on any atom is 0.278 e. The second-order valence-electron chi connectivity index (χ2n) is 7.77. The van der Waals surface area contributed by atoms with Gasteiger partial charge < -0.3 is 21.1 Å². The largest absolute Gasteiger partial charge is 0.396 e. The third-order valence-corrected chi connectivity index (χ3v) is 5.19. The number of carbonyl (C=O) groups excluding carboxylic acids is 1. The Hall–Kier alpha value is -4.25. The standard InChI is InChI=1S/C23H24FN7O3/c1-14(13-32)11-26-22(33)17-12-27-31-20(25-2)10-19(29-21(17)31)28-18-7-4-8-30(23(18)34)16-6-3-5-15(24)9-16/h3-10,12,14,25,32H,11,13H2,1-2H3,(H,26,33)(H,28,29). The van der Waals surface area contributed by atoms with Crippen molar-refractivity contribution in [2.24, 2.45) is 5.92 Å². The number of benzene rings is 1. The highest BCUT2D eigenvalue weighted by Gasteiger charge is 2.18. The van der Waals surface area contributed by atoms with E-state index in [9.17, 15) is 19.1 Å². The highest BCUT2D eigenvalue weighted by molar-refractivity contribution is 6.00. The quantitative estimate of drug-likeness (QED) is 0.314. The number of halogens is 1. The van der Waals surface area contributed by atoms with E-state index in [2.05, 4.69) is 26.0 Å². The molecule has 3 heterocycles. The van der Waals surface area contributed by atoms with Crippen LogP contribution in [-0.2, 0) is 0 Å². The maximum absolute atomic E-state index is 13.7. The summed E-state index contributed by atoms with van der Waals surface area (Å²) < 4.78 is 16.5. The number of hydrogen-bond acceptors (Lipinski definition) is 7. The highest BCUT2D eigenvalue weighted by atomic mass is 19.1. The van der Waals surface area contributed by atoms with E-state index in [-0.39, 0.29) is 35.3 Å². The average Bonchev–Trinajstić information content (AvgIpc) is 3.27. The van der Waals surface area contributed by atoms with Crippen molar-refractivity contribution in [1.29, 1.82) is 0 Å². The van der Waals surface area contributed by atoms with Crippen molar-refractivity contribution in [3.05, 3.63) is 76.6 Å². The normalized spacial score (nSPS) is 11.9. The maximum atomic E-state index is 13.7. The number of pyridine rings is 1. The van der Waals surface area contributed by atoms with Crippen molar-refractivity contribution in [3.63, 3.8) is 0 Å². The molecule has 1 unspecified atom stereocenters. The number of nitrogens with one attached hydrogen (secondary N) is 3. The minimum absolute atomic E-state index is 0.0461. The van der Waals surface area contributed by atoms with Gasteiger partial charge in [-0.1, -0.05) is 13.0 Å². The van der Waals surface area contributed by atoms with Crippen LogP contribution in [0.1, 0.15) is 17.3 Å². The molecule has 10 nitrogen and oxygen atoms in total. The number of rotatable bonds is 8. The van der Waals surface area contributed by atoms with Crippen LogP contribution in [0.25, 0.3) is 11.3 Å². The lowest BCUT2D eigenvalue weighted by molar-refractivity contribution is 0.0943. The lowest BCUT2D eigenvalue weighted by Gasteiger charge is -2.12. The first-order valence-corrected chi connectivity index (χ1v) is 10.6. The summed E-state index contributed by atoms with van der Waals surface area (Å²) in [6.45, 7) is 2.06. The first-order valence-electron chi connectivity index (χ1n) is 10.6. The molecule has 4 N–H and O–H groups in total. The van der Waals surface area contributed by atoms with Crippen molar-refractivity contribution in [2.75, 3.05) is 30.8 Å². The van der Waals surface area contributed by atoms with Gasteiger partial charge in [-0.15, -0.1) is 0 Å². The number of hydrogen-bond donors (Lipinski definition) is 4. The molecule has 4 rings (SSSR count). The zero-order valence-electron chi connectivity index (χ0n) is 18.6. The fourth-order valence-electron chi connectivity index (χ4n) is 3.35. The highest BCUT2D eigenvalue weighted by Crippen LogP contribution is 2.21. The molecule has 0 aliphatic heterocycles. The molecular weight excluding hydrogens is 441 g/mol. The monoisotopic (exact) mass is 465 g/mol. The van der Waals surface area contributed by atoms with Gasteiger partial charge in [-0.3, -0.25) is 14.2 Å². The predicted octanol–water partition coefficient (Wildman–Crippen LogP) is 2.16. The smallest absolute Gasteiger partial charge is 0.278 e. The van der Waals surface area contributed by atoms with E-state index < -0.39 is 11.4 Å². The molecule has 1 aromatic carbocycles. The predicted molar refractivity (Wildman–Crippen MR) is 126 cm³/mol. The minimum atomic E-state index is -0.450. The van der Waals surface area contributed by atoms with Crippen LogP contribution in [0.2, 0.25) is 0 Å².